The largest absolute Gasteiger partial charge is 0.309 e. The van der Waals surface area contributed by atoms with Crippen LogP contribution in [-0.4, -0.2) is 19.5 Å². The molecule has 4 nitrogen and oxygen atoms in total. The van der Waals surface area contributed by atoms with E-state index in [9.17, 15) is 0 Å². The number of para-hydroxylation sites is 2. The number of fused-ring (bicyclic) bond motifs is 7. The van der Waals surface area contributed by atoms with E-state index in [1.807, 2.05) is 29.5 Å². The third kappa shape index (κ3) is 5.70. The molecule has 0 bridgehead atoms. The lowest BCUT2D eigenvalue weighted by Crippen LogP contribution is -2.02. The highest BCUT2D eigenvalue weighted by Crippen LogP contribution is 2.41. The number of benzene rings is 9. The molecule has 0 saturated heterocycles. The highest BCUT2D eigenvalue weighted by atomic mass is 32.1. The van der Waals surface area contributed by atoms with Gasteiger partial charge in [0.25, 0.3) is 0 Å². The van der Waals surface area contributed by atoms with Gasteiger partial charge in [0.1, 0.15) is 0 Å². The van der Waals surface area contributed by atoms with Crippen LogP contribution >= 0.6 is 11.3 Å². The molecule has 0 atom stereocenters. The van der Waals surface area contributed by atoms with Crippen molar-refractivity contribution in [1.29, 1.82) is 0 Å². The van der Waals surface area contributed by atoms with Gasteiger partial charge in [-0.25, -0.2) is 15.0 Å². The van der Waals surface area contributed by atoms with Gasteiger partial charge in [-0.05, 0) is 76.0 Å². The van der Waals surface area contributed by atoms with Crippen LogP contribution in [0.15, 0.2) is 206 Å². The first-order valence-corrected chi connectivity index (χ1v) is 21.0. The summed E-state index contributed by atoms with van der Waals surface area (Å²) in [5.74, 6) is 1.86. The fourth-order valence-electron chi connectivity index (χ4n) is 8.82. The molecule has 12 aromatic rings. The molecule has 0 fully saturated rings. The standard InChI is InChI=1S/C55H34N4S/c1-3-15-35(16-4-1)42-29-27-39(34-50(42)59-48-24-12-9-21-43(48)44-22-10-13-25-49(44)59)54-56-53(36-17-5-2-6-18-36)57-55(58-54)40-31-37-19-7-8-20-41(37)46(33-40)38-28-30-52-47(32-38)45-23-11-14-26-51(45)60-52/h1-34H. The van der Waals surface area contributed by atoms with E-state index in [1.165, 1.54) is 36.3 Å². The van der Waals surface area contributed by atoms with Gasteiger partial charge in [-0.1, -0.05) is 158 Å². The lowest BCUT2D eigenvalue weighted by atomic mass is 9.94. The number of aromatic nitrogens is 4. The van der Waals surface area contributed by atoms with Crippen molar-refractivity contribution in [3.05, 3.63) is 206 Å². The van der Waals surface area contributed by atoms with Crippen molar-refractivity contribution in [3.63, 3.8) is 0 Å². The van der Waals surface area contributed by atoms with Crippen LogP contribution < -0.4 is 0 Å². The second-order valence-corrected chi connectivity index (χ2v) is 16.3. The Hall–Kier alpha value is -7.73. The maximum absolute atomic E-state index is 5.34. The molecule has 0 aliphatic rings. The van der Waals surface area contributed by atoms with Gasteiger partial charge in [0.2, 0.25) is 0 Å². The molecule has 0 spiro atoms. The summed E-state index contributed by atoms with van der Waals surface area (Å²) in [6.45, 7) is 0. The van der Waals surface area contributed by atoms with Crippen LogP contribution in [0.2, 0.25) is 0 Å². The first-order chi connectivity index (χ1) is 29.7. The quantitative estimate of drug-likeness (QED) is 0.169. The summed E-state index contributed by atoms with van der Waals surface area (Å²) < 4.78 is 4.97. The van der Waals surface area contributed by atoms with E-state index in [1.54, 1.807) is 0 Å². The van der Waals surface area contributed by atoms with Gasteiger partial charge in [-0.15, -0.1) is 11.3 Å². The average Bonchev–Trinajstić information content (AvgIpc) is 3.87. The van der Waals surface area contributed by atoms with Crippen LogP contribution in [0.25, 0.3) is 115 Å². The third-order valence-corrected chi connectivity index (χ3v) is 12.8. The summed E-state index contributed by atoms with van der Waals surface area (Å²) >= 11 is 1.84. The Morgan fingerprint density at radius 3 is 1.60 bits per heavy atom. The molecule has 0 aliphatic carbocycles. The van der Waals surface area contributed by atoms with Gasteiger partial charge < -0.3 is 4.57 Å². The molecule has 60 heavy (non-hydrogen) atoms. The summed E-state index contributed by atoms with van der Waals surface area (Å²) in [5, 5.41) is 7.30. The second-order valence-electron chi connectivity index (χ2n) is 15.2. The topological polar surface area (TPSA) is 43.6 Å². The van der Waals surface area contributed by atoms with E-state index < -0.39 is 0 Å². The zero-order valence-electron chi connectivity index (χ0n) is 32.3. The predicted molar refractivity (Wildman–Crippen MR) is 252 cm³/mol. The number of thiophene rings is 1. The Balaban J connectivity index is 1.09. The van der Waals surface area contributed by atoms with Crippen molar-refractivity contribution in [1.82, 2.24) is 19.5 Å². The van der Waals surface area contributed by atoms with Gasteiger partial charge in [-0.2, -0.15) is 0 Å². The van der Waals surface area contributed by atoms with Crippen LogP contribution in [0.3, 0.4) is 0 Å². The maximum Gasteiger partial charge on any atom is 0.164 e. The van der Waals surface area contributed by atoms with Gasteiger partial charge in [0.15, 0.2) is 17.5 Å². The van der Waals surface area contributed by atoms with Gasteiger partial charge >= 0.3 is 0 Å². The van der Waals surface area contributed by atoms with Crippen LogP contribution in [0.5, 0.6) is 0 Å². The van der Waals surface area contributed by atoms with Crippen molar-refractivity contribution in [3.8, 4) is 62.1 Å². The minimum absolute atomic E-state index is 0.612. The zero-order chi connectivity index (χ0) is 39.6. The molecule has 0 N–H and O–H groups in total. The van der Waals surface area contributed by atoms with Gasteiger partial charge in [0.05, 0.1) is 16.7 Å². The molecule has 3 aromatic heterocycles. The van der Waals surface area contributed by atoms with Crippen molar-refractivity contribution >= 4 is 64.1 Å². The minimum atomic E-state index is 0.612. The first kappa shape index (κ1) is 34.3. The van der Waals surface area contributed by atoms with E-state index in [4.69, 9.17) is 15.0 Å². The highest BCUT2D eigenvalue weighted by molar-refractivity contribution is 7.25. The molecule has 12 rings (SSSR count). The molecule has 0 radical (unpaired) electrons. The molecule has 280 valence electrons. The molecule has 0 aliphatic heterocycles. The molecular formula is C55H34N4S. The van der Waals surface area contributed by atoms with E-state index in [0.717, 1.165) is 61.1 Å². The minimum Gasteiger partial charge on any atom is -0.309 e. The van der Waals surface area contributed by atoms with E-state index in [2.05, 4.69) is 193 Å². The van der Waals surface area contributed by atoms with Crippen molar-refractivity contribution in [2.45, 2.75) is 0 Å². The molecule has 9 aromatic carbocycles. The molecule has 0 saturated carbocycles. The normalized spacial score (nSPS) is 11.7. The molecule has 3 heterocycles. The summed E-state index contributed by atoms with van der Waals surface area (Å²) in [7, 11) is 0. The summed E-state index contributed by atoms with van der Waals surface area (Å²) in [6.07, 6.45) is 0. The van der Waals surface area contributed by atoms with E-state index in [0.29, 0.717) is 17.5 Å². The third-order valence-electron chi connectivity index (χ3n) is 11.6. The second kappa shape index (κ2) is 14.0. The number of rotatable bonds is 6. The highest BCUT2D eigenvalue weighted by Gasteiger charge is 2.20. The fourth-order valence-corrected chi connectivity index (χ4v) is 9.91. The van der Waals surface area contributed by atoms with Crippen LogP contribution in [0.1, 0.15) is 0 Å². The molecule has 5 heteroatoms. The summed E-state index contributed by atoms with van der Waals surface area (Å²) in [4.78, 5) is 15.8. The predicted octanol–water partition coefficient (Wildman–Crippen LogP) is 14.8. The number of hydrogen-bond donors (Lipinski definition) is 0. The van der Waals surface area contributed by atoms with Crippen molar-refractivity contribution in [2.75, 3.05) is 0 Å². The average molecular weight is 783 g/mol. The molecular weight excluding hydrogens is 749 g/mol. The Bertz CT molecular complexity index is 3550. The Morgan fingerprint density at radius 1 is 0.317 bits per heavy atom. The Morgan fingerprint density at radius 2 is 0.867 bits per heavy atom. The molecule has 0 unspecified atom stereocenters. The lowest BCUT2D eigenvalue weighted by Gasteiger charge is -2.16. The first-order valence-electron chi connectivity index (χ1n) is 20.2. The summed E-state index contributed by atoms with van der Waals surface area (Å²) in [5.41, 5.74) is 10.7. The Kier molecular flexibility index (Phi) is 8.00. The van der Waals surface area contributed by atoms with Crippen molar-refractivity contribution in [2.24, 2.45) is 0 Å². The van der Waals surface area contributed by atoms with Crippen LogP contribution in [0, 0.1) is 0 Å². The lowest BCUT2D eigenvalue weighted by molar-refractivity contribution is 1.07. The number of nitrogens with zero attached hydrogens (tertiary/aromatic N) is 4. The number of hydrogen-bond acceptors (Lipinski definition) is 4. The maximum atomic E-state index is 5.34. The smallest absolute Gasteiger partial charge is 0.164 e. The van der Waals surface area contributed by atoms with E-state index >= 15 is 0 Å². The van der Waals surface area contributed by atoms with Gasteiger partial charge in [-0.3, -0.25) is 0 Å². The molecule has 0 amide bonds. The van der Waals surface area contributed by atoms with Gasteiger partial charge in [0, 0.05) is 53.2 Å². The fraction of sp³-hybridized carbons (Fsp3) is 0. The zero-order valence-corrected chi connectivity index (χ0v) is 33.1. The van der Waals surface area contributed by atoms with Crippen molar-refractivity contribution < 1.29 is 0 Å². The Labute approximate surface area is 350 Å². The van der Waals surface area contributed by atoms with Crippen LogP contribution in [-0.2, 0) is 0 Å². The SMILES string of the molecule is c1ccc(-c2nc(-c3ccc(-c4ccccc4)c(-n4c5ccccc5c5ccccc54)c3)nc(-c3cc(-c4ccc5sc6ccccc6c5c4)c4ccccc4c3)n2)cc1. The monoisotopic (exact) mass is 782 g/mol. The van der Waals surface area contributed by atoms with Crippen LogP contribution in [0.4, 0.5) is 0 Å². The van der Waals surface area contributed by atoms with E-state index in [-0.39, 0.29) is 0 Å². The summed E-state index contributed by atoms with van der Waals surface area (Å²) in [6, 6.07) is 73.4.